The van der Waals surface area contributed by atoms with E-state index in [4.69, 9.17) is 0 Å². The van der Waals surface area contributed by atoms with Crippen LogP contribution < -0.4 is 5.32 Å². The highest BCUT2D eigenvalue weighted by molar-refractivity contribution is 6.06. The predicted octanol–water partition coefficient (Wildman–Crippen LogP) is 2.29. The van der Waals surface area contributed by atoms with E-state index >= 15 is 0 Å². The van der Waals surface area contributed by atoms with Crippen molar-refractivity contribution in [3.05, 3.63) is 30.1 Å². The molecule has 0 spiro atoms. The summed E-state index contributed by atoms with van der Waals surface area (Å²) in [6.45, 7) is 0. The minimum atomic E-state index is -5.04. The van der Waals surface area contributed by atoms with Crippen LogP contribution in [0.2, 0.25) is 0 Å². The van der Waals surface area contributed by atoms with Gasteiger partial charge in [-0.3, -0.25) is 9.59 Å². The summed E-state index contributed by atoms with van der Waals surface area (Å²) in [6, 6.07) is 4.60. The van der Waals surface area contributed by atoms with Crippen molar-refractivity contribution in [1.29, 1.82) is 0 Å². The quantitative estimate of drug-likeness (QED) is 0.659. The standard InChI is InChI=1S/C10H7F4NO2/c11-6-2-1-3-7(4-6)15-9(17)5-8(16)10(12,13)14/h1-4H,5H2,(H,15,17). The second kappa shape index (κ2) is 4.94. The van der Waals surface area contributed by atoms with Crippen LogP contribution in [0.3, 0.4) is 0 Å². The maximum atomic E-state index is 12.7. The summed E-state index contributed by atoms with van der Waals surface area (Å²) in [5, 5.41) is 1.99. The third-order valence-corrected chi connectivity index (χ3v) is 1.75. The molecule has 0 aliphatic rings. The minimum Gasteiger partial charge on any atom is -0.326 e. The number of carbonyl (C=O) groups excluding carboxylic acids is 2. The SMILES string of the molecule is O=C(CC(=O)C(F)(F)F)Nc1cccc(F)c1. The molecular formula is C10H7F4NO2. The third-order valence-electron chi connectivity index (χ3n) is 1.75. The lowest BCUT2D eigenvalue weighted by Crippen LogP contribution is -2.27. The molecule has 0 aromatic heterocycles. The second-order valence-corrected chi connectivity index (χ2v) is 3.16. The van der Waals surface area contributed by atoms with Crippen LogP contribution in [0.1, 0.15) is 6.42 Å². The molecule has 7 heteroatoms. The number of ketones is 1. The first-order valence-corrected chi connectivity index (χ1v) is 4.44. The molecule has 1 aromatic carbocycles. The zero-order valence-corrected chi connectivity index (χ0v) is 8.34. The highest BCUT2D eigenvalue weighted by Crippen LogP contribution is 2.18. The van der Waals surface area contributed by atoms with Gasteiger partial charge in [-0.25, -0.2) is 4.39 Å². The van der Waals surface area contributed by atoms with Crippen molar-refractivity contribution in [3.63, 3.8) is 0 Å². The number of hydrogen-bond acceptors (Lipinski definition) is 2. The maximum absolute atomic E-state index is 12.7. The summed E-state index contributed by atoms with van der Waals surface area (Å²) in [5.41, 5.74) is -0.00928. The zero-order chi connectivity index (χ0) is 13.1. The van der Waals surface area contributed by atoms with E-state index in [0.29, 0.717) is 0 Å². The summed E-state index contributed by atoms with van der Waals surface area (Å²) in [4.78, 5) is 21.5. The van der Waals surface area contributed by atoms with E-state index < -0.39 is 30.1 Å². The fourth-order valence-corrected chi connectivity index (χ4v) is 1.02. The van der Waals surface area contributed by atoms with Crippen LogP contribution in [0.5, 0.6) is 0 Å². The fraction of sp³-hybridized carbons (Fsp3) is 0.200. The van der Waals surface area contributed by atoms with Gasteiger partial charge >= 0.3 is 6.18 Å². The molecule has 0 bridgehead atoms. The molecule has 0 atom stereocenters. The summed E-state index contributed by atoms with van der Waals surface area (Å²) in [5.74, 6) is -3.94. The van der Waals surface area contributed by atoms with Crippen LogP contribution in [0.25, 0.3) is 0 Å². The predicted molar refractivity (Wildman–Crippen MR) is 50.7 cm³/mol. The lowest BCUT2D eigenvalue weighted by atomic mass is 10.2. The van der Waals surface area contributed by atoms with Crippen LogP contribution >= 0.6 is 0 Å². The van der Waals surface area contributed by atoms with Crippen molar-refractivity contribution < 1.29 is 27.2 Å². The molecule has 0 aliphatic carbocycles. The van der Waals surface area contributed by atoms with Gasteiger partial charge in [0, 0.05) is 5.69 Å². The number of hydrogen-bond donors (Lipinski definition) is 1. The highest BCUT2D eigenvalue weighted by Gasteiger charge is 2.39. The Labute approximate surface area is 93.4 Å². The van der Waals surface area contributed by atoms with E-state index in [1.54, 1.807) is 0 Å². The van der Waals surface area contributed by atoms with Gasteiger partial charge in [0.05, 0.1) is 6.42 Å². The molecule has 0 aliphatic heterocycles. The number of carbonyl (C=O) groups is 2. The van der Waals surface area contributed by atoms with E-state index in [-0.39, 0.29) is 5.69 Å². The number of alkyl halides is 3. The third kappa shape index (κ3) is 4.21. The highest BCUT2D eigenvalue weighted by atomic mass is 19.4. The second-order valence-electron chi connectivity index (χ2n) is 3.16. The van der Waals surface area contributed by atoms with E-state index in [1.165, 1.54) is 12.1 Å². The Kier molecular flexibility index (Phi) is 3.82. The topological polar surface area (TPSA) is 46.2 Å². The molecule has 1 rings (SSSR count). The first kappa shape index (κ1) is 13.1. The molecule has 0 fully saturated rings. The average Bonchev–Trinajstić information content (AvgIpc) is 2.15. The number of benzene rings is 1. The number of rotatable bonds is 3. The fourth-order valence-electron chi connectivity index (χ4n) is 1.02. The van der Waals surface area contributed by atoms with Crippen molar-refractivity contribution in [2.75, 3.05) is 5.32 Å². The summed E-state index contributed by atoms with van der Waals surface area (Å²) in [6.07, 6.45) is -6.36. The Morgan fingerprint density at radius 1 is 1.24 bits per heavy atom. The normalized spacial score (nSPS) is 11.1. The molecule has 0 saturated carbocycles. The number of halogens is 4. The van der Waals surface area contributed by atoms with Crippen LogP contribution in [0, 0.1) is 5.82 Å². The Morgan fingerprint density at radius 2 is 1.88 bits per heavy atom. The molecule has 1 aromatic rings. The maximum Gasteiger partial charge on any atom is 0.450 e. The smallest absolute Gasteiger partial charge is 0.326 e. The number of amides is 1. The van der Waals surface area contributed by atoms with Crippen molar-refractivity contribution in [2.45, 2.75) is 12.6 Å². The van der Waals surface area contributed by atoms with E-state index in [2.05, 4.69) is 0 Å². The van der Waals surface area contributed by atoms with Gasteiger partial charge in [0.25, 0.3) is 0 Å². The van der Waals surface area contributed by atoms with Gasteiger partial charge in [-0.1, -0.05) is 6.07 Å². The van der Waals surface area contributed by atoms with Crippen molar-refractivity contribution in [1.82, 2.24) is 0 Å². The molecule has 0 unspecified atom stereocenters. The Morgan fingerprint density at radius 3 is 2.41 bits per heavy atom. The van der Waals surface area contributed by atoms with E-state index in [0.717, 1.165) is 12.1 Å². The van der Waals surface area contributed by atoms with Gasteiger partial charge < -0.3 is 5.32 Å². The van der Waals surface area contributed by atoms with E-state index in [1.807, 2.05) is 5.32 Å². The number of Topliss-reactive ketones (excluding diaryl/α,β-unsaturated/α-hetero) is 1. The molecule has 3 nitrogen and oxygen atoms in total. The monoisotopic (exact) mass is 249 g/mol. The van der Waals surface area contributed by atoms with Gasteiger partial charge in [-0.05, 0) is 18.2 Å². The molecular weight excluding hydrogens is 242 g/mol. The lowest BCUT2D eigenvalue weighted by Gasteiger charge is -2.06. The van der Waals surface area contributed by atoms with Gasteiger partial charge in [0.2, 0.25) is 11.7 Å². The summed E-state index contributed by atoms with van der Waals surface area (Å²) < 4.78 is 48.1. The number of anilines is 1. The van der Waals surface area contributed by atoms with E-state index in [9.17, 15) is 27.2 Å². The van der Waals surface area contributed by atoms with Gasteiger partial charge in [0.15, 0.2) is 0 Å². The summed E-state index contributed by atoms with van der Waals surface area (Å²) in [7, 11) is 0. The minimum absolute atomic E-state index is 0.00928. The van der Waals surface area contributed by atoms with Crippen LogP contribution in [0.4, 0.5) is 23.2 Å². The van der Waals surface area contributed by atoms with Gasteiger partial charge in [0.1, 0.15) is 5.82 Å². The Bertz CT molecular complexity index is 442. The Balaban J connectivity index is 2.59. The zero-order valence-electron chi connectivity index (χ0n) is 8.34. The molecule has 92 valence electrons. The van der Waals surface area contributed by atoms with Crippen molar-refractivity contribution in [3.8, 4) is 0 Å². The van der Waals surface area contributed by atoms with Crippen LogP contribution in [0.15, 0.2) is 24.3 Å². The average molecular weight is 249 g/mol. The number of nitrogens with one attached hydrogen (secondary N) is 1. The molecule has 1 amide bonds. The lowest BCUT2D eigenvalue weighted by molar-refractivity contribution is -0.171. The van der Waals surface area contributed by atoms with Crippen molar-refractivity contribution in [2.24, 2.45) is 0 Å². The summed E-state index contributed by atoms with van der Waals surface area (Å²) >= 11 is 0. The molecule has 0 heterocycles. The van der Waals surface area contributed by atoms with Crippen LogP contribution in [-0.2, 0) is 9.59 Å². The molecule has 17 heavy (non-hydrogen) atoms. The van der Waals surface area contributed by atoms with Gasteiger partial charge in [-0.2, -0.15) is 13.2 Å². The van der Waals surface area contributed by atoms with Gasteiger partial charge in [-0.15, -0.1) is 0 Å². The molecule has 0 radical (unpaired) electrons. The van der Waals surface area contributed by atoms with Crippen molar-refractivity contribution >= 4 is 17.4 Å². The first-order valence-electron chi connectivity index (χ1n) is 4.44. The molecule has 1 N–H and O–H groups in total. The largest absolute Gasteiger partial charge is 0.450 e. The first-order chi connectivity index (χ1) is 7.79. The Hall–Kier alpha value is -1.92. The van der Waals surface area contributed by atoms with Crippen LogP contribution in [-0.4, -0.2) is 17.9 Å². The molecule has 0 saturated heterocycles.